The molecule has 1 aromatic rings. The van der Waals surface area contributed by atoms with Gasteiger partial charge in [-0.25, -0.2) is 4.39 Å². The lowest BCUT2D eigenvalue weighted by atomic mass is 9.95. The van der Waals surface area contributed by atoms with E-state index in [1.807, 2.05) is 0 Å². The van der Waals surface area contributed by atoms with E-state index >= 15 is 0 Å². The highest BCUT2D eigenvalue weighted by Crippen LogP contribution is 2.25. The molecule has 1 unspecified atom stereocenters. The van der Waals surface area contributed by atoms with Crippen molar-refractivity contribution in [2.45, 2.75) is 20.0 Å². The van der Waals surface area contributed by atoms with Gasteiger partial charge in [0.2, 0.25) is 0 Å². The van der Waals surface area contributed by atoms with Crippen LogP contribution in [0.15, 0.2) is 24.3 Å². The number of ether oxygens (including phenoxy) is 1. The third kappa shape index (κ3) is 2.80. The first kappa shape index (κ1) is 11.6. The Morgan fingerprint density at radius 2 is 2.00 bits per heavy atom. The van der Waals surface area contributed by atoms with Crippen molar-refractivity contribution in [2.24, 2.45) is 5.41 Å². The number of nitrogens with one attached hydrogen (secondary N) is 1. The van der Waals surface area contributed by atoms with E-state index in [0.29, 0.717) is 0 Å². The normalized spacial score (nSPS) is 25.1. The van der Waals surface area contributed by atoms with Gasteiger partial charge in [0, 0.05) is 18.5 Å². The van der Waals surface area contributed by atoms with Crippen LogP contribution in [0.3, 0.4) is 0 Å². The van der Waals surface area contributed by atoms with E-state index in [1.54, 1.807) is 12.1 Å². The molecule has 0 spiro atoms. The second-order valence-corrected chi connectivity index (χ2v) is 5.15. The van der Waals surface area contributed by atoms with E-state index in [9.17, 15) is 4.39 Å². The van der Waals surface area contributed by atoms with Crippen LogP contribution in [-0.4, -0.2) is 19.7 Å². The van der Waals surface area contributed by atoms with E-state index < -0.39 is 0 Å². The van der Waals surface area contributed by atoms with Gasteiger partial charge in [-0.05, 0) is 17.7 Å². The molecule has 1 saturated heterocycles. The molecule has 2 nitrogen and oxygen atoms in total. The molecule has 0 amide bonds. The second-order valence-electron chi connectivity index (χ2n) is 5.15. The Hall–Kier alpha value is -0.930. The van der Waals surface area contributed by atoms with E-state index in [1.165, 1.54) is 12.1 Å². The first-order valence-electron chi connectivity index (χ1n) is 5.65. The summed E-state index contributed by atoms with van der Waals surface area (Å²) in [7, 11) is 0. The zero-order valence-electron chi connectivity index (χ0n) is 9.79. The first-order valence-corrected chi connectivity index (χ1v) is 5.65. The lowest BCUT2D eigenvalue weighted by molar-refractivity contribution is 0.0259. The van der Waals surface area contributed by atoms with Crippen LogP contribution in [0.5, 0.6) is 0 Å². The Morgan fingerprint density at radius 3 is 2.69 bits per heavy atom. The minimum Gasteiger partial charge on any atom is -0.372 e. The zero-order chi connectivity index (χ0) is 11.6. The fraction of sp³-hybridized carbons (Fsp3) is 0.538. The van der Waals surface area contributed by atoms with Crippen molar-refractivity contribution in [1.82, 2.24) is 5.32 Å². The summed E-state index contributed by atoms with van der Waals surface area (Å²) in [6, 6.07) is 6.55. The lowest BCUT2D eigenvalue weighted by Gasteiger charge is -2.21. The fourth-order valence-electron chi connectivity index (χ4n) is 1.87. The summed E-state index contributed by atoms with van der Waals surface area (Å²) in [6.07, 6.45) is 0.0300. The Bertz CT molecular complexity index is 347. The van der Waals surface area contributed by atoms with Gasteiger partial charge in [0.25, 0.3) is 0 Å². The fourth-order valence-corrected chi connectivity index (χ4v) is 1.87. The van der Waals surface area contributed by atoms with Gasteiger partial charge in [0.05, 0.1) is 12.7 Å². The molecule has 1 atom stereocenters. The van der Waals surface area contributed by atoms with Gasteiger partial charge in [0.15, 0.2) is 0 Å². The minimum atomic E-state index is -0.203. The molecule has 1 aromatic carbocycles. The van der Waals surface area contributed by atoms with E-state index in [-0.39, 0.29) is 17.3 Å². The summed E-state index contributed by atoms with van der Waals surface area (Å²) in [5.74, 6) is -0.203. The molecular formula is C13H18FNO. The van der Waals surface area contributed by atoms with Crippen molar-refractivity contribution in [3.05, 3.63) is 35.6 Å². The molecule has 1 heterocycles. The van der Waals surface area contributed by atoms with Crippen molar-refractivity contribution in [1.29, 1.82) is 0 Å². The monoisotopic (exact) mass is 223 g/mol. The SMILES string of the molecule is CC1(C)CNCC(c2ccc(F)cc2)OC1. The van der Waals surface area contributed by atoms with Gasteiger partial charge in [-0.1, -0.05) is 26.0 Å². The van der Waals surface area contributed by atoms with Gasteiger partial charge in [0.1, 0.15) is 5.82 Å². The molecule has 0 aliphatic carbocycles. The number of hydrogen-bond donors (Lipinski definition) is 1. The lowest BCUT2D eigenvalue weighted by Crippen LogP contribution is -2.29. The maximum atomic E-state index is 12.8. The van der Waals surface area contributed by atoms with E-state index in [4.69, 9.17) is 4.74 Å². The largest absolute Gasteiger partial charge is 0.372 e. The third-order valence-electron chi connectivity index (χ3n) is 2.85. The molecule has 1 fully saturated rings. The third-order valence-corrected chi connectivity index (χ3v) is 2.85. The van der Waals surface area contributed by atoms with Gasteiger partial charge < -0.3 is 10.1 Å². The van der Waals surface area contributed by atoms with Crippen LogP contribution in [0.25, 0.3) is 0 Å². The highest BCUT2D eigenvalue weighted by Gasteiger charge is 2.25. The molecule has 0 aromatic heterocycles. The first-order chi connectivity index (χ1) is 7.57. The van der Waals surface area contributed by atoms with Crippen LogP contribution in [0.4, 0.5) is 4.39 Å². The highest BCUT2D eigenvalue weighted by molar-refractivity contribution is 5.19. The summed E-state index contributed by atoms with van der Waals surface area (Å²) in [6.45, 7) is 6.81. The molecule has 3 heteroatoms. The second kappa shape index (κ2) is 4.52. The maximum Gasteiger partial charge on any atom is 0.123 e. The summed E-state index contributed by atoms with van der Waals surface area (Å²) >= 11 is 0. The number of benzene rings is 1. The van der Waals surface area contributed by atoms with Crippen molar-refractivity contribution in [3.63, 3.8) is 0 Å². The number of hydrogen-bond acceptors (Lipinski definition) is 2. The predicted molar refractivity (Wildman–Crippen MR) is 61.7 cm³/mol. The van der Waals surface area contributed by atoms with Crippen LogP contribution in [0, 0.1) is 11.2 Å². The van der Waals surface area contributed by atoms with E-state index in [2.05, 4.69) is 19.2 Å². The zero-order valence-corrected chi connectivity index (χ0v) is 9.79. The molecule has 2 rings (SSSR count). The Balaban J connectivity index is 2.08. The maximum absolute atomic E-state index is 12.8. The summed E-state index contributed by atoms with van der Waals surface area (Å²) in [4.78, 5) is 0. The molecule has 0 radical (unpaired) electrons. The summed E-state index contributed by atoms with van der Waals surface area (Å²) in [5.41, 5.74) is 1.20. The Labute approximate surface area is 95.8 Å². The van der Waals surface area contributed by atoms with Gasteiger partial charge in [-0.3, -0.25) is 0 Å². The predicted octanol–water partition coefficient (Wildman–Crippen LogP) is 2.51. The van der Waals surface area contributed by atoms with Crippen molar-refractivity contribution in [2.75, 3.05) is 19.7 Å². The topological polar surface area (TPSA) is 21.3 Å². The molecule has 1 aliphatic rings. The Kier molecular flexibility index (Phi) is 3.26. The number of rotatable bonds is 1. The number of halogens is 1. The van der Waals surface area contributed by atoms with Gasteiger partial charge in [-0.15, -0.1) is 0 Å². The average molecular weight is 223 g/mol. The van der Waals surface area contributed by atoms with Crippen LogP contribution >= 0.6 is 0 Å². The summed E-state index contributed by atoms with van der Waals surface area (Å²) in [5, 5.41) is 3.38. The molecule has 0 saturated carbocycles. The van der Waals surface area contributed by atoms with Crippen LogP contribution < -0.4 is 5.32 Å². The highest BCUT2D eigenvalue weighted by atomic mass is 19.1. The van der Waals surface area contributed by atoms with Gasteiger partial charge >= 0.3 is 0 Å². The standard InChI is InChI=1S/C13H18FNO/c1-13(2)8-15-7-12(16-9-13)10-3-5-11(14)6-4-10/h3-6,12,15H,7-9H2,1-2H3. The summed E-state index contributed by atoms with van der Waals surface area (Å²) < 4.78 is 18.7. The molecule has 1 aliphatic heterocycles. The van der Waals surface area contributed by atoms with Crippen LogP contribution in [0.1, 0.15) is 25.5 Å². The van der Waals surface area contributed by atoms with Crippen molar-refractivity contribution in [3.8, 4) is 0 Å². The molecule has 1 N–H and O–H groups in total. The van der Waals surface area contributed by atoms with Crippen LogP contribution in [-0.2, 0) is 4.74 Å². The smallest absolute Gasteiger partial charge is 0.123 e. The van der Waals surface area contributed by atoms with Gasteiger partial charge in [-0.2, -0.15) is 0 Å². The minimum absolute atomic E-state index is 0.0300. The van der Waals surface area contributed by atoms with Crippen molar-refractivity contribution >= 4 is 0 Å². The molecule has 16 heavy (non-hydrogen) atoms. The van der Waals surface area contributed by atoms with E-state index in [0.717, 1.165) is 25.3 Å². The quantitative estimate of drug-likeness (QED) is 0.790. The molecular weight excluding hydrogens is 205 g/mol. The average Bonchev–Trinajstić information content (AvgIpc) is 2.41. The molecule has 0 bridgehead atoms. The van der Waals surface area contributed by atoms with Crippen LogP contribution in [0.2, 0.25) is 0 Å². The Morgan fingerprint density at radius 1 is 1.31 bits per heavy atom. The van der Waals surface area contributed by atoms with Crippen molar-refractivity contribution < 1.29 is 9.13 Å². The molecule has 88 valence electrons.